The number of aryl methyl sites for hydroxylation is 1. The van der Waals surface area contributed by atoms with Gasteiger partial charge in [0.25, 0.3) is 0 Å². The molecule has 1 aromatic rings. The summed E-state index contributed by atoms with van der Waals surface area (Å²) in [6.07, 6.45) is 1.09. The molecule has 0 saturated carbocycles. The summed E-state index contributed by atoms with van der Waals surface area (Å²) in [5, 5.41) is 0. The van der Waals surface area contributed by atoms with Crippen molar-refractivity contribution in [2.45, 2.75) is 26.4 Å². The van der Waals surface area contributed by atoms with Gasteiger partial charge in [-0.05, 0) is 31.0 Å². The van der Waals surface area contributed by atoms with Crippen LogP contribution in [0.2, 0.25) is 0 Å². The lowest BCUT2D eigenvalue weighted by atomic mass is 10.2. The van der Waals surface area contributed by atoms with E-state index in [2.05, 4.69) is 19.9 Å². The fraction of sp³-hybridized carbons (Fsp3) is 0.455. The van der Waals surface area contributed by atoms with Gasteiger partial charge in [-0.25, -0.2) is 0 Å². The van der Waals surface area contributed by atoms with Crippen molar-refractivity contribution in [1.82, 2.24) is 0 Å². The van der Waals surface area contributed by atoms with Gasteiger partial charge in [0.1, 0.15) is 11.9 Å². The Bertz CT molecular complexity index is 256. The number of hydrogen-bond donors (Lipinski definition) is 1. The molecule has 0 aromatic heterocycles. The summed E-state index contributed by atoms with van der Waals surface area (Å²) in [6.45, 7) is 4.70. The minimum Gasteiger partial charge on any atom is -0.489 e. The number of rotatable bonds is 4. The van der Waals surface area contributed by atoms with Gasteiger partial charge in [-0.2, -0.15) is 0 Å². The first kappa shape index (κ1) is 10.1. The Kier molecular flexibility index (Phi) is 3.77. The third-order valence-corrected chi connectivity index (χ3v) is 2.01. The molecule has 0 aliphatic carbocycles. The Morgan fingerprint density at radius 2 is 2.23 bits per heavy atom. The zero-order valence-corrected chi connectivity index (χ0v) is 8.29. The second-order valence-corrected chi connectivity index (χ2v) is 3.20. The highest BCUT2D eigenvalue weighted by molar-refractivity contribution is 5.27. The van der Waals surface area contributed by atoms with Crippen molar-refractivity contribution < 1.29 is 4.74 Å². The maximum absolute atomic E-state index is 5.67. The molecule has 0 fully saturated rings. The van der Waals surface area contributed by atoms with Gasteiger partial charge in [0, 0.05) is 6.54 Å². The quantitative estimate of drug-likeness (QED) is 0.768. The minimum absolute atomic E-state index is 0.141. The molecule has 1 aromatic carbocycles. The molecule has 0 spiro atoms. The fourth-order valence-electron chi connectivity index (χ4n) is 1.18. The highest BCUT2D eigenvalue weighted by Gasteiger charge is 2.04. The van der Waals surface area contributed by atoms with Gasteiger partial charge in [-0.15, -0.1) is 0 Å². The van der Waals surface area contributed by atoms with Gasteiger partial charge < -0.3 is 10.5 Å². The molecule has 2 nitrogen and oxygen atoms in total. The van der Waals surface area contributed by atoms with E-state index in [1.54, 1.807) is 0 Å². The van der Waals surface area contributed by atoms with E-state index in [0.717, 1.165) is 12.2 Å². The van der Waals surface area contributed by atoms with Gasteiger partial charge in [-0.3, -0.25) is 0 Å². The summed E-state index contributed by atoms with van der Waals surface area (Å²) in [6, 6.07) is 8.04. The molecule has 13 heavy (non-hydrogen) atoms. The normalized spacial score (nSPS) is 12.5. The lowest BCUT2D eigenvalue weighted by Crippen LogP contribution is -2.25. The molecule has 2 heteroatoms. The lowest BCUT2D eigenvalue weighted by molar-refractivity contribution is 0.205. The summed E-state index contributed by atoms with van der Waals surface area (Å²) in [4.78, 5) is 0. The Morgan fingerprint density at radius 3 is 2.77 bits per heavy atom. The second-order valence-electron chi connectivity index (χ2n) is 3.20. The number of benzene rings is 1. The number of hydrogen-bond acceptors (Lipinski definition) is 2. The minimum atomic E-state index is 0.141. The van der Waals surface area contributed by atoms with Gasteiger partial charge in [-0.1, -0.05) is 19.1 Å². The van der Waals surface area contributed by atoms with Crippen LogP contribution in [0.1, 0.15) is 18.9 Å². The fourth-order valence-corrected chi connectivity index (χ4v) is 1.18. The van der Waals surface area contributed by atoms with Gasteiger partial charge >= 0.3 is 0 Å². The predicted octanol–water partition coefficient (Wildman–Crippen LogP) is 2.11. The average molecular weight is 179 g/mol. The van der Waals surface area contributed by atoms with Crippen LogP contribution < -0.4 is 10.5 Å². The first-order chi connectivity index (χ1) is 6.26. The summed E-state index contributed by atoms with van der Waals surface area (Å²) < 4.78 is 5.67. The SMILES string of the molecule is CC[C@H](CN)Oc1cccc(C)c1. The molecule has 0 amide bonds. The predicted molar refractivity (Wildman–Crippen MR) is 54.9 cm³/mol. The van der Waals surface area contributed by atoms with Crippen LogP contribution in [0.5, 0.6) is 5.75 Å². The van der Waals surface area contributed by atoms with E-state index in [0.29, 0.717) is 6.54 Å². The smallest absolute Gasteiger partial charge is 0.120 e. The zero-order chi connectivity index (χ0) is 9.68. The topological polar surface area (TPSA) is 35.2 Å². The van der Waals surface area contributed by atoms with Crippen LogP contribution in [0.3, 0.4) is 0 Å². The monoisotopic (exact) mass is 179 g/mol. The van der Waals surface area contributed by atoms with E-state index in [9.17, 15) is 0 Å². The first-order valence-electron chi connectivity index (χ1n) is 4.69. The maximum Gasteiger partial charge on any atom is 0.120 e. The molecule has 2 N–H and O–H groups in total. The van der Waals surface area contributed by atoms with Crippen LogP contribution in [-0.4, -0.2) is 12.6 Å². The standard InChI is InChI=1S/C11H17NO/c1-3-10(8-12)13-11-6-4-5-9(2)7-11/h4-7,10H,3,8,12H2,1-2H3/t10-/m1/s1. The third-order valence-electron chi connectivity index (χ3n) is 2.01. The van der Waals surface area contributed by atoms with Crippen molar-refractivity contribution >= 4 is 0 Å². The van der Waals surface area contributed by atoms with Crippen LogP contribution in [-0.2, 0) is 0 Å². The van der Waals surface area contributed by atoms with Crippen LogP contribution in [0.4, 0.5) is 0 Å². The Balaban J connectivity index is 2.62. The Hall–Kier alpha value is -1.02. The van der Waals surface area contributed by atoms with Crippen molar-refractivity contribution in [3.8, 4) is 5.75 Å². The molecule has 0 aliphatic rings. The van der Waals surface area contributed by atoms with Gasteiger partial charge in [0.2, 0.25) is 0 Å². The molecule has 0 unspecified atom stereocenters. The van der Waals surface area contributed by atoms with Crippen molar-refractivity contribution in [1.29, 1.82) is 0 Å². The molecule has 1 atom stereocenters. The van der Waals surface area contributed by atoms with E-state index < -0.39 is 0 Å². The largest absolute Gasteiger partial charge is 0.489 e. The molecule has 0 saturated heterocycles. The molecular formula is C11H17NO. The average Bonchev–Trinajstić information content (AvgIpc) is 2.14. The maximum atomic E-state index is 5.67. The molecule has 1 rings (SSSR count). The molecule has 72 valence electrons. The van der Waals surface area contributed by atoms with E-state index >= 15 is 0 Å². The van der Waals surface area contributed by atoms with E-state index in [1.807, 2.05) is 18.2 Å². The van der Waals surface area contributed by atoms with E-state index in [-0.39, 0.29) is 6.10 Å². The summed E-state index contributed by atoms with van der Waals surface area (Å²) in [5.74, 6) is 0.914. The van der Waals surface area contributed by atoms with Crippen LogP contribution in [0, 0.1) is 6.92 Å². The van der Waals surface area contributed by atoms with Crippen molar-refractivity contribution in [3.63, 3.8) is 0 Å². The molecule has 0 bridgehead atoms. The molecular weight excluding hydrogens is 162 g/mol. The Morgan fingerprint density at radius 1 is 1.46 bits per heavy atom. The lowest BCUT2D eigenvalue weighted by Gasteiger charge is -2.15. The van der Waals surface area contributed by atoms with Gasteiger partial charge in [0.15, 0.2) is 0 Å². The molecule has 0 heterocycles. The van der Waals surface area contributed by atoms with Crippen molar-refractivity contribution in [2.24, 2.45) is 5.73 Å². The van der Waals surface area contributed by atoms with E-state index in [1.165, 1.54) is 5.56 Å². The first-order valence-corrected chi connectivity index (χ1v) is 4.69. The van der Waals surface area contributed by atoms with Crippen molar-refractivity contribution in [3.05, 3.63) is 29.8 Å². The number of nitrogens with two attached hydrogens (primary N) is 1. The van der Waals surface area contributed by atoms with Crippen LogP contribution >= 0.6 is 0 Å². The number of ether oxygens (including phenoxy) is 1. The zero-order valence-electron chi connectivity index (χ0n) is 8.29. The highest BCUT2D eigenvalue weighted by Crippen LogP contribution is 2.14. The van der Waals surface area contributed by atoms with Crippen LogP contribution in [0.15, 0.2) is 24.3 Å². The van der Waals surface area contributed by atoms with Crippen LogP contribution in [0.25, 0.3) is 0 Å². The second kappa shape index (κ2) is 4.87. The molecule has 0 radical (unpaired) electrons. The summed E-state index contributed by atoms with van der Waals surface area (Å²) in [7, 11) is 0. The molecule has 0 aliphatic heterocycles. The summed E-state index contributed by atoms with van der Waals surface area (Å²) >= 11 is 0. The summed E-state index contributed by atoms with van der Waals surface area (Å²) in [5.41, 5.74) is 6.76. The Labute approximate surface area is 79.7 Å². The highest BCUT2D eigenvalue weighted by atomic mass is 16.5. The third kappa shape index (κ3) is 3.07. The van der Waals surface area contributed by atoms with Gasteiger partial charge in [0.05, 0.1) is 0 Å². The van der Waals surface area contributed by atoms with Crippen molar-refractivity contribution in [2.75, 3.05) is 6.54 Å². The van der Waals surface area contributed by atoms with E-state index in [4.69, 9.17) is 10.5 Å².